The van der Waals surface area contributed by atoms with Crippen molar-refractivity contribution in [2.45, 2.75) is 24.8 Å². The number of ether oxygens (including phenoxy) is 1. The summed E-state index contributed by atoms with van der Waals surface area (Å²) in [6.45, 7) is 1.66. The topological polar surface area (TPSA) is 103 Å². The summed E-state index contributed by atoms with van der Waals surface area (Å²) >= 11 is 5.95. The smallest absolute Gasteiger partial charge is 0.338 e. The van der Waals surface area contributed by atoms with Crippen molar-refractivity contribution in [3.8, 4) is 0 Å². The fraction of sp³-hybridized carbons (Fsp3) is 0.211. The summed E-state index contributed by atoms with van der Waals surface area (Å²) in [5.41, 5.74) is 0.481. The van der Waals surface area contributed by atoms with Crippen LogP contribution in [0.25, 0.3) is 0 Å². The third kappa shape index (κ3) is 4.75. The van der Waals surface area contributed by atoms with Gasteiger partial charge in [0, 0.05) is 18.5 Å². The van der Waals surface area contributed by atoms with Crippen LogP contribution < -0.4 is 4.31 Å². The lowest BCUT2D eigenvalue weighted by Crippen LogP contribution is -2.26. The first kappa shape index (κ1) is 20.8. The molecule has 0 saturated heterocycles. The average molecular weight is 436 g/mol. The number of sulfonamides is 1. The van der Waals surface area contributed by atoms with E-state index in [1.165, 1.54) is 37.4 Å². The molecule has 0 spiro atoms. The van der Waals surface area contributed by atoms with Gasteiger partial charge in [0.15, 0.2) is 12.4 Å². The maximum absolute atomic E-state index is 12.9. The van der Waals surface area contributed by atoms with E-state index >= 15 is 0 Å². The third-order valence-corrected chi connectivity index (χ3v) is 6.07. The van der Waals surface area contributed by atoms with Crippen LogP contribution in [0.4, 0.5) is 5.69 Å². The van der Waals surface area contributed by atoms with Crippen LogP contribution in [0.15, 0.2) is 57.9 Å². The van der Waals surface area contributed by atoms with Gasteiger partial charge in [0.2, 0.25) is 0 Å². The molecule has 3 aromatic rings. The third-order valence-electron chi connectivity index (χ3n) is 4.05. The molecular formula is C19H18ClN3O5S. The minimum atomic E-state index is -3.91. The van der Waals surface area contributed by atoms with Crippen molar-refractivity contribution in [3.05, 3.63) is 70.8 Å². The molecule has 2 aromatic carbocycles. The predicted molar refractivity (Wildman–Crippen MR) is 106 cm³/mol. The molecule has 0 aliphatic rings. The lowest BCUT2D eigenvalue weighted by atomic mass is 10.2. The highest BCUT2D eigenvalue weighted by molar-refractivity contribution is 7.92. The highest BCUT2D eigenvalue weighted by Gasteiger charge is 2.23. The quantitative estimate of drug-likeness (QED) is 0.523. The molecule has 0 amide bonds. The second kappa shape index (κ2) is 8.62. The van der Waals surface area contributed by atoms with E-state index in [4.69, 9.17) is 20.9 Å². The van der Waals surface area contributed by atoms with Crippen LogP contribution in [0.5, 0.6) is 0 Å². The van der Waals surface area contributed by atoms with E-state index in [0.717, 1.165) is 4.31 Å². The predicted octanol–water partition coefficient (Wildman–Crippen LogP) is 3.47. The van der Waals surface area contributed by atoms with Gasteiger partial charge in [-0.15, -0.1) is 0 Å². The van der Waals surface area contributed by atoms with Crippen LogP contribution in [0, 0.1) is 0 Å². The lowest BCUT2D eigenvalue weighted by molar-refractivity contribution is 0.0429. The number of hydrogen-bond donors (Lipinski definition) is 0. The van der Waals surface area contributed by atoms with Crippen molar-refractivity contribution in [3.63, 3.8) is 0 Å². The zero-order valence-electron chi connectivity index (χ0n) is 15.7. The molecule has 0 aliphatic carbocycles. The number of carbonyl (C=O) groups is 1. The van der Waals surface area contributed by atoms with Crippen molar-refractivity contribution in [1.29, 1.82) is 0 Å². The van der Waals surface area contributed by atoms with Crippen LogP contribution in [-0.2, 0) is 27.8 Å². The molecule has 8 nitrogen and oxygen atoms in total. The fourth-order valence-electron chi connectivity index (χ4n) is 2.46. The molecule has 0 unspecified atom stereocenters. The van der Waals surface area contributed by atoms with Crippen molar-refractivity contribution < 1.29 is 22.5 Å². The minimum absolute atomic E-state index is 0.0551. The van der Waals surface area contributed by atoms with Gasteiger partial charge in [-0.2, -0.15) is 4.98 Å². The van der Waals surface area contributed by atoms with Crippen LogP contribution in [0.1, 0.15) is 29.0 Å². The molecule has 29 heavy (non-hydrogen) atoms. The summed E-state index contributed by atoms with van der Waals surface area (Å²) in [6.07, 6.45) is 0.595. The normalized spacial score (nSPS) is 11.3. The number of carbonyl (C=O) groups excluding carboxylic acids is 1. The van der Waals surface area contributed by atoms with Gasteiger partial charge in [0.1, 0.15) is 0 Å². The Labute approximate surface area is 173 Å². The van der Waals surface area contributed by atoms with E-state index in [0.29, 0.717) is 23.0 Å². The van der Waals surface area contributed by atoms with Gasteiger partial charge in [0.05, 0.1) is 16.1 Å². The molecule has 1 heterocycles. The van der Waals surface area contributed by atoms with Gasteiger partial charge < -0.3 is 9.26 Å². The minimum Gasteiger partial charge on any atom is -0.452 e. The number of anilines is 1. The van der Waals surface area contributed by atoms with E-state index in [1.54, 1.807) is 18.2 Å². The van der Waals surface area contributed by atoms with E-state index in [9.17, 15) is 13.2 Å². The summed E-state index contributed by atoms with van der Waals surface area (Å²) in [7, 11) is -2.50. The van der Waals surface area contributed by atoms with Crippen molar-refractivity contribution in [2.24, 2.45) is 0 Å². The van der Waals surface area contributed by atoms with Gasteiger partial charge in [-0.1, -0.05) is 35.8 Å². The molecule has 0 atom stereocenters. The Balaban J connectivity index is 1.77. The summed E-state index contributed by atoms with van der Waals surface area (Å²) in [5.74, 6) is -0.0310. The second-order valence-corrected chi connectivity index (χ2v) is 8.42. The maximum atomic E-state index is 12.9. The zero-order chi connectivity index (χ0) is 21.0. The van der Waals surface area contributed by atoms with Crippen molar-refractivity contribution in [1.82, 2.24) is 10.1 Å². The first-order valence-corrected chi connectivity index (χ1v) is 10.5. The molecule has 3 rings (SSSR count). The maximum Gasteiger partial charge on any atom is 0.338 e. The molecule has 152 valence electrons. The number of aromatic nitrogens is 2. The molecule has 10 heteroatoms. The Kier molecular flexibility index (Phi) is 6.19. The number of rotatable bonds is 7. The Morgan fingerprint density at radius 1 is 1.21 bits per heavy atom. The van der Waals surface area contributed by atoms with Crippen LogP contribution in [0.2, 0.25) is 5.02 Å². The molecule has 0 radical (unpaired) electrons. The molecule has 0 fully saturated rings. The molecule has 0 saturated carbocycles. The molecule has 0 aliphatic heterocycles. The van der Waals surface area contributed by atoms with Gasteiger partial charge in [-0.3, -0.25) is 4.31 Å². The summed E-state index contributed by atoms with van der Waals surface area (Å²) < 4.78 is 37.1. The Morgan fingerprint density at radius 3 is 2.66 bits per heavy atom. The number of nitrogens with zero attached hydrogens (tertiary/aromatic N) is 3. The number of esters is 1. The number of halogens is 1. The van der Waals surface area contributed by atoms with Gasteiger partial charge in [-0.05, 0) is 36.4 Å². The summed E-state index contributed by atoms with van der Waals surface area (Å²) in [5, 5.41) is 4.13. The monoisotopic (exact) mass is 435 g/mol. The van der Waals surface area contributed by atoms with E-state index in [1.807, 2.05) is 6.92 Å². The van der Waals surface area contributed by atoms with Gasteiger partial charge in [0.25, 0.3) is 15.9 Å². The highest BCUT2D eigenvalue weighted by Crippen LogP contribution is 2.25. The van der Waals surface area contributed by atoms with Crippen LogP contribution in [0.3, 0.4) is 0 Å². The van der Waals surface area contributed by atoms with E-state index < -0.39 is 16.0 Å². The summed E-state index contributed by atoms with van der Waals surface area (Å²) in [6, 6.07) is 12.0. The van der Waals surface area contributed by atoms with E-state index in [2.05, 4.69) is 10.1 Å². The SMILES string of the molecule is CCc1noc(COC(=O)c2cccc(S(=O)(=O)N(C)c3cccc(Cl)c3)c2)n1. The molecule has 0 bridgehead atoms. The van der Waals surface area contributed by atoms with Crippen molar-refractivity contribution >= 4 is 33.3 Å². The van der Waals surface area contributed by atoms with Gasteiger partial charge in [-0.25, -0.2) is 13.2 Å². The fourth-order valence-corrected chi connectivity index (χ4v) is 3.87. The molecular weight excluding hydrogens is 418 g/mol. The van der Waals surface area contributed by atoms with Gasteiger partial charge >= 0.3 is 5.97 Å². The number of benzene rings is 2. The number of aryl methyl sites for hydroxylation is 1. The van der Waals surface area contributed by atoms with Crippen molar-refractivity contribution in [2.75, 3.05) is 11.4 Å². The first-order chi connectivity index (χ1) is 13.8. The standard InChI is InChI=1S/C19H18ClN3O5S/c1-3-17-21-18(28-22-17)12-27-19(24)13-6-4-9-16(10-13)29(25,26)23(2)15-8-5-7-14(20)11-15/h4-11H,3,12H2,1-2H3. The Bertz CT molecular complexity index is 1130. The number of hydrogen-bond acceptors (Lipinski definition) is 7. The zero-order valence-corrected chi connectivity index (χ0v) is 17.3. The van der Waals surface area contributed by atoms with Crippen LogP contribution >= 0.6 is 11.6 Å². The summed E-state index contributed by atoms with van der Waals surface area (Å²) in [4.78, 5) is 16.3. The van der Waals surface area contributed by atoms with E-state index in [-0.39, 0.29) is 23.0 Å². The first-order valence-electron chi connectivity index (χ1n) is 8.64. The van der Waals surface area contributed by atoms with Crippen LogP contribution in [-0.4, -0.2) is 31.6 Å². The second-order valence-electron chi connectivity index (χ2n) is 6.01. The molecule has 0 N–H and O–H groups in total. The average Bonchev–Trinajstić information content (AvgIpc) is 3.19. The lowest BCUT2D eigenvalue weighted by Gasteiger charge is -2.20. The molecule has 1 aromatic heterocycles. The Hall–Kier alpha value is -2.91. The highest BCUT2D eigenvalue weighted by atomic mass is 35.5. The Morgan fingerprint density at radius 2 is 1.97 bits per heavy atom. The largest absolute Gasteiger partial charge is 0.452 e.